The fraction of sp³-hybridized carbons (Fsp3) is 0.0182. The van der Waals surface area contributed by atoms with Crippen LogP contribution in [0.5, 0.6) is 0 Å². The van der Waals surface area contributed by atoms with E-state index < -0.39 is 0 Å². The van der Waals surface area contributed by atoms with Gasteiger partial charge in [0.2, 0.25) is 0 Å². The molecule has 0 amide bonds. The van der Waals surface area contributed by atoms with Gasteiger partial charge in [0, 0.05) is 59.0 Å². The van der Waals surface area contributed by atoms with Crippen molar-refractivity contribution in [2.24, 2.45) is 0 Å². The van der Waals surface area contributed by atoms with Crippen molar-refractivity contribution in [1.82, 2.24) is 9.13 Å². The average molecular weight is 755 g/mol. The molecule has 3 heteroatoms. The first-order valence-electron chi connectivity index (χ1n) is 20.0. The summed E-state index contributed by atoms with van der Waals surface area (Å²) in [5.74, 6) is 0.237. The zero-order valence-corrected chi connectivity index (χ0v) is 32.2. The van der Waals surface area contributed by atoms with Crippen LogP contribution in [0.4, 0.5) is 0 Å². The van der Waals surface area contributed by atoms with E-state index >= 15 is 0 Å². The summed E-state index contributed by atoms with van der Waals surface area (Å²) in [7, 11) is 0. The van der Waals surface area contributed by atoms with Gasteiger partial charge >= 0.3 is 0 Å². The van der Waals surface area contributed by atoms with E-state index in [4.69, 9.17) is 0 Å². The second-order valence-corrected chi connectivity index (χ2v) is 16.7. The summed E-state index contributed by atoms with van der Waals surface area (Å²) in [5, 5.41) is 7.75. The highest BCUT2D eigenvalue weighted by atomic mass is 32.1. The summed E-state index contributed by atoms with van der Waals surface area (Å²) in [4.78, 5) is 0. The Kier molecular flexibility index (Phi) is 6.69. The maximum absolute atomic E-state index is 2.50. The van der Waals surface area contributed by atoms with Gasteiger partial charge in [0.25, 0.3) is 0 Å². The normalized spacial score (nSPS) is 13.7. The van der Waals surface area contributed by atoms with Crippen LogP contribution >= 0.6 is 11.3 Å². The van der Waals surface area contributed by atoms with Gasteiger partial charge in [0.15, 0.2) is 0 Å². The van der Waals surface area contributed by atoms with E-state index in [9.17, 15) is 0 Å². The summed E-state index contributed by atoms with van der Waals surface area (Å²) in [6.07, 6.45) is 0. The number of nitrogens with zero attached hydrogens (tertiary/aromatic N) is 2. The molecule has 1 aliphatic carbocycles. The lowest BCUT2D eigenvalue weighted by Crippen LogP contribution is -1.98. The number of rotatable bonds is 4. The Morgan fingerprint density at radius 1 is 0.345 bits per heavy atom. The quantitative estimate of drug-likeness (QED) is 0.169. The van der Waals surface area contributed by atoms with E-state index in [2.05, 4.69) is 209 Å². The first-order valence-corrected chi connectivity index (χ1v) is 20.9. The first kappa shape index (κ1) is 31.9. The van der Waals surface area contributed by atoms with Crippen LogP contribution in [0.2, 0.25) is 0 Å². The van der Waals surface area contributed by atoms with Crippen molar-refractivity contribution in [3.05, 3.63) is 217 Å². The van der Waals surface area contributed by atoms with Crippen LogP contribution in [0.15, 0.2) is 200 Å². The molecular formula is C55H34N2S. The van der Waals surface area contributed by atoms with Crippen molar-refractivity contribution in [2.75, 3.05) is 0 Å². The monoisotopic (exact) mass is 754 g/mol. The third-order valence-corrected chi connectivity index (χ3v) is 13.7. The molecule has 58 heavy (non-hydrogen) atoms. The van der Waals surface area contributed by atoms with Crippen molar-refractivity contribution in [2.45, 2.75) is 5.92 Å². The number of benzene rings is 9. The van der Waals surface area contributed by atoms with E-state index in [1.807, 2.05) is 11.3 Å². The summed E-state index contributed by atoms with van der Waals surface area (Å²) >= 11 is 1.89. The van der Waals surface area contributed by atoms with Gasteiger partial charge in [0.05, 0.1) is 22.1 Å². The van der Waals surface area contributed by atoms with E-state index in [0.717, 1.165) is 5.69 Å². The standard InChI is InChI=1S/C55H34N2S/c1-3-13-34(14-4-1)53-41-19-8-7-17-39(41)44-31-35(23-26-42(44)53)36-24-27-49-46(32-36)54-50(29-30-52-55(54)43-20-10-12-22-51(43)58-52)57(49)38-25-28-48-45(33-38)40-18-9-11-21-47(40)56(48)37-15-5-2-6-16-37/h1-33,53H. The Morgan fingerprint density at radius 3 is 1.88 bits per heavy atom. The Morgan fingerprint density at radius 2 is 0.983 bits per heavy atom. The lowest BCUT2D eigenvalue weighted by Gasteiger charge is -2.14. The summed E-state index contributed by atoms with van der Waals surface area (Å²) in [6, 6.07) is 74.3. The number of para-hydroxylation sites is 2. The molecule has 13 rings (SSSR count). The van der Waals surface area contributed by atoms with Crippen LogP contribution in [0, 0.1) is 0 Å². The maximum atomic E-state index is 2.50. The number of thiophene rings is 1. The van der Waals surface area contributed by atoms with E-state index in [1.54, 1.807) is 0 Å². The minimum atomic E-state index is 0.237. The van der Waals surface area contributed by atoms with Gasteiger partial charge in [-0.25, -0.2) is 0 Å². The molecule has 1 atom stereocenters. The maximum Gasteiger partial charge on any atom is 0.0548 e. The molecule has 270 valence electrons. The molecule has 0 fully saturated rings. The molecular weight excluding hydrogens is 721 g/mol. The number of fused-ring (bicyclic) bond motifs is 13. The highest BCUT2D eigenvalue weighted by Gasteiger charge is 2.30. The number of aromatic nitrogens is 2. The van der Waals surface area contributed by atoms with Gasteiger partial charge in [-0.3, -0.25) is 0 Å². The fourth-order valence-corrected chi connectivity index (χ4v) is 11.2. The minimum absolute atomic E-state index is 0.237. The number of hydrogen-bond acceptors (Lipinski definition) is 1. The molecule has 12 aromatic rings. The molecule has 0 saturated carbocycles. The third-order valence-electron chi connectivity index (χ3n) is 12.6. The second-order valence-electron chi connectivity index (χ2n) is 15.6. The van der Waals surface area contributed by atoms with Crippen molar-refractivity contribution in [3.8, 4) is 33.6 Å². The van der Waals surface area contributed by atoms with Gasteiger partial charge in [-0.15, -0.1) is 11.3 Å². The van der Waals surface area contributed by atoms with Crippen molar-refractivity contribution in [3.63, 3.8) is 0 Å². The van der Waals surface area contributed by atoms with Gasteiger partial charge < -0.3 is 9.13 Å². The molecule has 2 nitrogen and oxygen atoms in total. The van der Waals surface area contributed by atoms with E-state index in [-0.39, 0.29) is 5.92 Å². The Bertz CT molecular complexity index is 3620. The zero-order chi connectivity index (χ0) is 37.9. The first-order chi connectivity index (χ1) is 28.8. The topological polar surface area (TPSA) is 9.86 Å². The predicted octanol–water partition coefficient (Wildman–Crippen LogP) is 15.1. The molecule has 0 spiro atoms. The van der Waals surface area contributed by atoms with Crippen LogP contribution in [-0.2, 0) is 0 Å². The minimum Gasteiger partial charge on any atom is -0.309 e. The molecule has 0 N–H and O–H groups in total. The van der Waals surface area contributed by atoms with Gasteiger partial charge in [0.1, 0.15) is 0 Å². The Balaban J connectivity index is 1.06. The van der Waals surface area contributed by atoms with Crippen molar-refractivity contribution >= 4 is 75.1 Å². The van der Waals surface area contributed by atoms with Crippen LogP contribution in [-0.4, -0.2) is 9.13 Å². The molecule has 0 radical (unpaired) electrons. The fourth-order valence-electron chi connectivity index (χ4n) is 10.1. The SMILES string of the molecule is c1ccc(C2c3ccccc3-c3cc(-c4ccc5c(c4)c4c6c(ccc4n5-c4ccc5c(c4)c4ccccc4n5-c4ccccc4)sc4ccccc46)ccc32)cc1. The van der Waals surface area contributed by atoms with Crippen molar-refractivity contribution in [1.29, 1.82) is 0 Å². The van der Waals surface area contributed by atoms with Crippen LogP contribution in [0.25, 0.3) is 97.4 Å². The van der Waals surface area contributed by atoms with E-state index in [0.29, 0.717) is 0 Å². The molecule has 1 aliphatic rings. The molecule has 3 heterocycles. The van der Waals surface area contributed by atoms with Crippen molar-refractivity contribution < 1.29 is 0 Å². The van der Waals surface area contributed by atoms with Gasteiger partial charge in [-0.1, -0.05) is 127 Å². The van der Waals surface area contributed by atoms with Gasteiger partial charge in [-0.05, 0) is 112 Å². The smallest absolute Gasteiger partial charge is 0.0548 e. The number of hydrogen-bond donors (Lipinski definition) is 0. The summed E-state index contributed by atoms with van der Waals surface area (Å²) in [5.41, 5.74) is 16.4. The molecule has 9 aromatic carbocycles. The summed E-state index contributed by atoms with van der Waals surface area (Å²) in [6.45, 7) is 0. The van der Waals surface area contributed by atoms with Crippen LogP contribution < -0.4 is 0 Å². The van der Waals surface area contributed by atoms with E-state index in [1.165, 1.54) is 108 Å². The molecule has 0 saturated heterocycles. The largest absolute Gasteiger partial charge is 0.309 e. The molecule has 3 aromatic heterocycles. The molecule has 1 unspecified atom stereocenters. The third kappa shape index (κ3) is 4.48. The Labute approximate surface area is 339 Å². The Hall–Kier alpha value is -7.20. The highest BCUT2D eigenvalue weighted by Crippen LogP contribution is 2.50. The van der Waals surface area contributed by atoms with Gasteiger partial charge in [-0.2, -0.15) is 0 Å². The van der Waals surface area contributed by atoms with Crippen LogP contribution in [0.1, 0.15) is 22.6 Å². The average Bonchev–Trinajstić information content (AvgIpc) is 4.02. The predicted molar refractivity (Wildman–Crippen MR) is 246 cm³/mol. The van der Waals surface area contributed by atoms with Crippen LogP contribution in [0.3, 0.4) is 0 Å². The molecule has 0 bridgehead atoms. The lowest BCUT2D eigenvalue weighted by molar-refractivity contribution is 1.02. The highest BCUT2D eigenvalue weighted by molar-refractivity contribution is 7.26. The lowest BCUT2D eigenvalue weighted by atomic mass is 9.89. The summed E-state index contributed by atoms with van der Waals surface area (Å²) < 4.78 is 7.53. The second kappa shape index (κ2) is 12.1. The molecule has 0 aliphatic heterocycles. The zero-order valence-electron chi connectivity index (χ0n) is 31.4.